The summed E-state index contributed by atoms with van der Waals surface area (Å²) in [5.74, 6) is -1.17. The van der Waals surface area contributed by atoms with E-state index in [0.29, 0.717) is 31.2 Å². The Morgan fingerprint density at radius 3 is 2.50 bits per heavy atom. The average Bonchev–Trinajstić information content (AvgIpc) is 2.81. The molecule has 1 unspecified atom stereocenters. The van der Waals surface area contributed by atoms with E-state index < -0.39 is 41.0 Å². The van der Waals surface area contributed by atoms with Gasteiger partial charge >= 0.3 is 0 Å². The van der Waals surface area contributed by atoms with Gasteiger partial charge in [0.2, 0.25) is 0 Å². The lowest BCUT2D eigenvalue weighted by molar-refractivity contribution is -0.129. The van der Waals surface area contributed by atoms with Crippen LogP contribution >= 0.6 is 0 Å². The summed E-state index contributed by atoms with van der Waals surface area (Å²) in [4.78, 5) is 32.4. The normalized spacial score (nSPS) is 25.8. The predicted molar refractivity (Wildman–Crippen MR) is 114 cm³/mol. The van der Waals surface area contributed by atoms with E-state index in [1.165, 1.54) is 6.07 Å². The number of nitrogens with zero attached hydrogens (tertiary/aromatic N) is 2. The third-order valence-corrected chi connectivity index (χ3v) is 6.73. The molecular weight excluding hydrogens is 453 g/mol. The van der Waals surface area contributed by atoms with E-state index in [1.807, 2.05) is 0 Å². The topological polar surface area (TPSA) is 113 Å². The van der Waals surface area contributed by atoms with Gasteiger partial charge < -0.3 is 20.5 Å². The van der Waals surface area contributed by atoms with Crippen LogP contribution in [0.2, 0.25) is 0 Å². The number of hydrogen-bond acceptors (Lipinski definition) is 6. The molecule has 11 heteroatoms. The molecule has 182 valence electrons. The number of nitrogens with one attached hydrogen (secondary N) is 2. The van der Waals surface area contributed by atoms with Crippen molar-refractivity contribution in [3.05, 3.63) is 53.4 Å². The number of carbonyl (C=O) groups excluding carboxylic acids is 2. The lowest BCUT2D eigenvalue weighted by atomic mass is 9.60. The molecule has 1 aromatic heterocycles. The number of benzene rings is 1. The quantitative estimate of drug-likeness (QED) is 0.564. The fourth-order valence-electron chi connectivity index (χ4n) is 4.66. The van der Waals surface area contributed by atoms with Gasteiger partial charge in [-0.3, -0.25) is 14.6 Å². The van der Waals surface area contributed by atoms with Crippen molar-refractivity contribution in [1.29, 1.82) is 0 Å². The number of alkyl halides is 2. The molecule has 2 bridgehead atoms. The summed E-state index contributed by atoms with van der Waals surface area (Å²) in [5, 5.41) is 16.6. The van der Waals surface area contributed by atoms with Crippen molar-refractivity contribution in [1.82, 2.24) is 20.6 Å². The number of ether oxygens (including phenoxy) is 1. The standard InChI is InChI=1S/C23H25F3N4O4/c1-13-2-3-14(8-15(13)24)34-12-19(32)29-22-4-6-23(7-5-22,18(31)9-22)30-21(33)17-11-27-16(10-28-17)20(25)26/h2-3,8,10-11,18,20,31H,4-7,9,12H2,1H3,(H,29,32)(H,30,33). The molecule has 0 spiro atoms. The SMILES string of the molecule is Cc1ccc(OCC(=O)NC23CCC(NC(=O)c4cnc(C(F)F)cn4)(CC2)C(O)C3)cc1F. The van der Waals surface area contributed by atoms with E-state index >= 15 is 0 Å². The maximum atomic E-state index is 13.6. The minimum absolute atomic E-state index is 0.119. The van der Waals surface area contributed by atoms with Gasteiger partial charge in [-0.1, -0.05) is 6.07 Å². The summed E-state index contributed by atoms with van der Waals surface area (Å²) in [6.45, 7) is 1.33. The monoisotopic (exact) mass is 478 g/mol. The van der Waals surface area contributed by atoms with E-state index in [-0.39, 0.29) is 30.4 Å². The van der Waals surface area contributed by atoms with Gasteiger partial charge in [0.05, 0.1) is 24.0 Å². The Morgan fingerprint density at radius 1 is 1.18 bits per heavy atom. The van der Waals surface area contributed by atoms with Gasteiger partial charge in [0.1, 0.15) is 23.0 Å². The Morgan fingerprint density at radius 2 is 1.91 bits per heavy atom. The number of rotatable bonds is 7. The van der Waals surface area contributed by atoms with Crippen molar-refractivity contribution >= 4 is 11.8 Å². The number of halogens is 3. The molecule has 5 rings (SSSR count). The van der Waals surface area contributed by atoms with E-state index in [9.17, 15) is 27.9 Å². The zero-order valence-electron chi connectivity index (χ0n) is 18.5. The van der Waals surface area contributed by atoms with Crippen LogP contribution in [0.3, 0.4) is 0 Å². The third-order valence-electron chi connectivity index (χ3n) is 6.73. The number of aliphatic hydroxyl groups is 1. The van der Waals surface area contributed by atoms with Gasteiger partial charge in [0, 0.05) is 11.6 Å². The number of amides is 2. The zero-order chi connectivity index (χ0) is 24.5. The van der Waals surface area contributed by atoms with Gasteiger partial charge in [-0.25, -0.2) is 18.2 Å². The first kappa shape index (κ1) is 23.9. The summed E-state index contributed by atoms with van der Waals surface area (Å²) >= 11 is 0. The molecule has 3 fully saturated rings. The van der Waals surface area contributed by atoms with Crippen molar-refractivity contribution in [2.45, 2.75) is 62.6 Å². The number of fused-ring (bicyclic) bond motifs is 3. The fourth-order valence-corrected chi connectivity index (χ4v) is 4.66. The first-order valence-electron chi connectivity index (χ1n) is 10.9. The second-order valence-electron chi connectivity index (χ2n) is 8.99. The second-order valence-corrected chi connectivity index (χ2v) is 8.99. The summed E-state index contributed by atoms with van der Waals surface area (Å²) in [6, 6.07) is 4.36. The van der Waals surface area contributed by atoms with Crippen LogP contribution in [0.25, 0.3) is 0 Å². The van der Waals surface area contributed by atoms with Crippen LogP contribution in [-0.4, -0.2) is 50.7 Å². The van der Waals surface area contributed by atoms with Crippen LogP contribution in [0, 0.1) is 12.7 Å². The molecule has 0 aliphatic heterocycles. The van der Waals surface area contributed by atoms with Crippen molar-refractivity contribution in [2.24, 2.45) is 0 Å². The first-order valence-corrected chi connectivity index (χ1v) is 10.9. The molecule has 3 N–H and O–H groups in total. The lowest BCUT2D eigenvalue weighted by Crippen LogP contribution is -2.70. The molecule has 8 nitrogen and oxygen atoms in total. The number of carbonyl (C=O) groups is 2. The maximum absolute atomic E-state index is 13.6. The molecule has 3 saturated carbocycles. The van der Waals surface area contributed by atoms with Crippen LogP contribution in [0.5, 0.6) is 5.75 Å². The maximum Gasteiger partial charge on any atom is 0.281 e. The Hall–Kier alpha value is -3.21. The summed E-state index contributed by atoms with van der Waals surface area (Å²) in [6.07, 6.45) is 0.205. The molecule has 0 radical (unpaired) electrons. The Kier molecular flexibility index (Phi) is 6.48. The smallest absolute Gasteiger partial charge is 0.281 e. The molecule has 2 aromatic rings. The highest BCUT2D eigenvalue weighted by Gasteiger charge is 2.55. The molecule has 1 atom stereocenters. The number of aromatic nitrogens is 2. The van der Waals surface area contributed by atoms with Gasteiger partial charge in [0.25, 0.3) is 18.2 Å². The van der Waals surface area contributed by atoms with E-state index in [4.69, 9.17) is 4.74 Å². The molecule has 1 heterocycles. The van der Waals surface area contributed by atoms with Crippen LogP contribution < -0.4 is 15.4 Å². The van der Waals surface area contributed by atoms with E-state index in [1.54, 1.807) is 19.1 Å². The van der Waals surface area contributed by atoms with Crippen LogP contribution in [-0.2, 0) is 4.79 Å². The minimum atomic E-state index is -2.78. The molecular formula is C23H25F3N4O4. The molecule has 2 amide bonds. The van der Waals surface area contributed by atoms with Crippen molar-refractivity contribution < 1.29 is 32.6 Å². The summed E-state index contributed by atoms with van der Waals surface area (Å²) in [7, 11) is 0. The highest BCUT2D eigenvalue weighted by molar-refractivity contribution is 5.92. The second kappa shape index (κ2) is 9.21. The van der Waals surface area contributed by atoms with Gasteiger partial charge in [-0.05, 0) is 50.7 Å². The summed E-state index contributed by atoms with van der Waals surface area (Å²) < 4.78 is 44.3. The molecule has 1 aromatic carbocycles. The van der Waals surface area contributed by atoms with Crippen molar-refractivity contribution in [3.63, 3.8) is 0 Å². The number of aryl methyl sites for hydroxylation is 1. The predicted octanol–water partition coefficient (Wildman–Crippen LogP) is 2.60. The van der Waals surface area contributed by atoms with Crippen LogP contribution in [0.4, 0.5) is 13.2 Å². The fraction of sp³-hybridized carbons (Fsp3) is 0.478. The van der Waals surface area contributed by atoms with Gasteiger partial charge in [-0.15, -0.1) is 0 Å². The van der Waals surface area contributed by atoms with E-state index in [0.717, 1.165) is 12.4 Å². The van der Waals surface area contributed by atoms with E-state index in [2.05, 4.69) is 20.6 Å². The van der Waals surface area contributed by atoms with Crippen LogP contribution in [0.1, 0.15) is 60.3 Å². The third kappa shape index (κ3) is 4.84. The molecule has 3 aliphatic carbocycles. The summed E-state index contributed by atoms with van der Waals surface area (Å²) in [5.41, 5.74) is -1.71. The van der Waals surface area contributed by atoms with Gasteiger partial charge in [0.15, 0.2) is 6.61 Å². The minimum Gasteiger partial charge on any atom is -0.484 e. The first-order chi connectivity index (χ1) is 16.1. The Labute approximate surface area is 193 Å². The van der Waals surface area contributed by atoms with Crippen molar-refractivity contribution in [3.8, 4) is 5.75 Å². The van der Waals surface area contributed by atoms with Crippen LogP contribution in [0.15, 0.2) is 30.6 Å². The number of aliphatic hydroxyl groups excluding tert-OH is 1. The highest BCUT2D eigenvalue weighted by atomic mass is 19.3. The van der Waals surface area contributed by atoms with Crippen molar-refractivity contribution in [2.75, 3.05) is 6.61 Å². The average molecular weight is 478 g/mol. The molecule has 3 aliphatic rings. The molecule has 34 heavy (non-hydrogen) atoms. The Bertz CT molecular complexity index is 1070. The number of hydrogen-bond donors (Lipinski definition) is 3. The van der Waals surface area contributed by atoms with Gasteiger partial charge in [-0.2, -0.15) is 0 Å². The molecule has 0 saturated heterocycles. The lowest BCUT2D eigenvalue weighted by Gasteiger charge is -2.56. The Balaban J connectivity index is 1.33. The largest absolute Gasteiger partial charge is 0.484 e. The zero-order valence-corrected chi connectivity index (χ0v) is 18.5. The highest BCUT2D eigenvalue weighted by Crippen LogP contribution is 2.47.